The lowest BCUT2D eigenvalue weighted by atomic mass is 10.1. The summed E-state index contributed by atoms with van der Waals surface area (Å²) in [6, 6.07) is -0.396. The van der Waals surface area contributed by atoms with Gasteiger partial charge in [0.1, 0.15) is 0 Å². The van der Waals surface area contributed by atoms with Gasteiger partial charge >= 0.3 is 0 Å². The fraction of sp³-hybridized carbons (Fsp3) is 0.923. The van der Waals surface area contributed by atoms with Gasteiger partial charge in [0.2, 0.25) is 5.91 Å². The summed E-state index contributed by atoms with van der Waals surface area (Å²) < 4.78 is 4.93. The molecule has 1 aliphatic heterocycles. The van der Waals surface area contributed by atoms with Gasteiger partial charge in [-0.25, -0.2) is 0 Å². The maximum Gasteiger partial charge on any atom is 0.236 e. The molecule has 5 heteroatoms. The molecule has 0 aromatic carbocycles. The smallest absolute Gasteiger partial charge is 0.236 e. The van der Waals surface area contributed by atoms with E-state index in [0.29, 0.717) is 13.0 Å². The Kier molecular flexibility index (Phi) is 7.96. The molecule has 0 spiro atoms. The van der Waals surface area contributed by atoms with Gasteiger partial charge in [0.05, 0.1) is 6.04 Å². The molecule has 0 aromatic rings. The first-order valence-corrected chi connectivity index (χ1v) is 6.98. The largest absolute Gasteiger partial charge is 0.385 e. The molecular formula is C13H27N3O2. The summed E-state index contributed by atoms with van der Waals surface area (Å²) in [6.45, 7) is 4.90. The highest BCUT2D eigenvalue weighted by Gasteiger charge is 2.13. The van der Waals surface area contributed by atoms with Crippen molar-refractivity contribution in [2.45, 2.75) is 38.1 Å². The van der Waals surface area contributed by atoms with E-state index >= 15 is 0 Å². The molecule has 1 rings (SSSR count). The van der Waals surface area contributed by atoms with Gasteiger partial charge in [0, 0.05) is 20.3 Å². The van der Waals surface area contributed by atoms with E-state index in [1.54, 1.807) is 7.11 Å². The van der Waals surface area contributed by atoms with Crippen LogP contribution < -0.4 is 11.1 Å². The number of ether oxygens (including phenoxy) is 1. The summed E-state index contributed by atoms with van der Waals surface area (Å²) in [6.07, 6.45) is 5.16. The number of nitrogens with two attached hydrogens (primary N) is 1. The highest BCUT2D eigenvalue weighted by molar-refractivity contribution is 5.81. The second kappa shape index (κ2) is 9.30. The zero-order valence-electron chi connectivity index (χ0n) is 11.5. The molecule has 0 aliphatic carbocycles. The van der Waals surface area contributed by atoms with Crippen LogP contribution in [0.2, 0.25) is 0 Å². The van der Waals surface area contributed by atoms with Crippen molar-refractivity contribution < 1.29 is 9.53 Å². The lowest BCUT2D eigenvalue weighted by Crippen LogP contribution is -2.41. The van der Waals surface area contributed by atoms with Crippen molar-refractivity contribution in [2.75, 3.05) is 39.9 Å². The Bertz CT molecular complexity index is 230. The van der Waals surface area contributed by atoms with Crippen LogP contribution in [0, 0.1) is 0 Å². The van der Waals surface area contributed by atoms with Gasteiger partial charge in [0.15, 0.2) is 0 Å². The lowest BCUT2D eigenvalue weighted by molar-refractivity contribution is -0.122. The number of likely N-dealkylation sites (tertiary alicyclic amines) is 1. The summed E-state index contributed by atoms with van der Waals surface area (Å²) in [7, 11) is 1.66. The lowest BCUT2D eigenvalue weighted by Gasteiger charge is -2.15. The Hall–Kier alpha value is -0.650. The van der Waals surface area contributed by atoms with Crippen molar-refractivity contribution in [3.05, 3.63) is 0 Å². The zero-order chi connectivity index (χ0) is 13.2. The van der Waals surface area contributed by atoms with E-state index in [-0.39, 0.29) is 5.91 Å². The Labute approximate surface area is 110 Å². The number of hydrogen-bond acceptors (Lipinski definition) is 4. The van der Waals surface area contributed by atoms with Crippen LogP contribution in [0.4, 0.5) is 0 Å². The summed E-state index contributed by atoms with van der Waals surface area (Å²) >= 11 is 0. The second-order valence-electron chi connectivity index (χ2n) is 4.93. The van der Waals surface area contributed by atoms with E-state index in [1.807, 2.05) is 0 Å². The molecule has 0 aromatic heterocycles. The molecule has 1 unspecified atom stereocenters. The van der Waals surface area contributed by atoms with Gasteiger partial charge < -0.3 is 20.7 Å². The fourth-order valence-electron chi connectivity index (χ4n) is 2.23. The molecule has 0 bridgehead atoms. The van der Waals surface area contributed by atoms with Crippen molar-refractivity contribution in [3.8, 4) is 0 Å². The van der Waals surface area contributed by atoms with Gasteiger partial charge in [-0.1, -0.05) is 0 Å². The van der Waals surface area contributed by atoms with Crippen LogP contribution in [-0.4, -0.2) is 56.7 Å². The molecule has 1 heterocycles. The fourth-order valence-corrected chi connectivity index (χ4v) is 2.23. The van der Waals surface area contributed by atoms with Gasteiger partial charge in [-0.05, 0) is 51.7 Å². The monoisotopic (exact) mass is 257 g/mol. The first-order chi connectivity index (χ1) is 8.74. The molecule has 1 amide bonds. The molecule has 1 atom stereocenters. The number of hydrogen-bond donors (Lipinski definition) is 2. The molecule has 3 N–H and O–H groups in total. The van der Waals surface area contributed by atoms with Crippen LogP contribution in [0.15, 0.2) is 0 Å². The Morgan fingerprint density at radius 3 is 2.78 bits per heavy atom. The van der Waals surface area contributed by atoms with Crippen molar-refractivity contribution in [2.24, 2.45) is 5.73 Å². The van der Waals surface area contributed by atoms with Crippen molar-refractivity contribution in [3.63, 3.8) is 0 Å². The average molecular weight is 257 g/mol. The Balaban J connectivity index is 1.97. The van der Waals surface area contributed by atoms with E-state index in [2.05, 4.69) is 10.2 Å². The maximum absolute atomic E-state index is 11.6. The standard InChI is InChI=1S/C13H27N3O2/c1-18-11-4-6-12(14)13(17)15-7-5-10-16-8-2-3-9-16/h12H,2-11,14H2,1H3,(H,15,17). The molecule has 1 fully saturated rings. The van der Waals surface area contributed by atoms with Gasteiger partial charge in [0.25, 0.3) is 0 Å². The number of amides is 1. The minimum Gasteiger partial charge on any atom is -0.385 e. The molecule has 1 saturated heterocycles. The minimum atomic E-state index is -0.396. The summed E-state index contributed by atoms with van der Waals surface area (Å²) in [5.74, 6) is -0.0347. The molecule has 0 radical (unpaired) electrons. The van der Waals surface area contributed by atoms with E-state index in [9.17, 15) is 4.79 Å². The first-order valence-electron chi connectivity index (χ1n) is 6.98. The molecule has 1 aliphatic rings. The third kappa shape index (κ3) is 6.33. The quantitative estimate of drug-likeness (QED) is 0.585. The number of rotatable bonds is 9. The molecule has 5 nitrogen and oxygen atoms in total. The number of nitrogens with one attached hydrogen (secondary N) is 1. The summed E-state index contributed by atoms with van der Waals surface area (Å²) in [5, 5.41) is 2.90. The average Bonchev–Trinajstić information content (AvgIpc) is 2.87. The summed E-state index contributed by atoms with van der Waals surface area (Å²) in [4.78, 5) is 14.1. The number of carbonyl (C=O) groups is 1. The highest BCUT2D eigenvalue weighted by Crippen LogP contribution is 2.06. The Morgan fingerprint density at radius 2 is 2.11 bits per heavy atom. The zero-order valence-corrected chi connectivity index (χ0v) is 11.5. The van der Waals surface area contributed by atoms with Crippen LogP contribution in [0.25, 0.3) is 0 Å². The van der Waals surface area contributed by atoms with Crippen LogP contribution in [0.5, 0.6) is 0 Å². The van der Waals surface area contributed by atoms with Crippen molar-refractivity contribution >= 4 is 5.91 Å². The predicted octanol–water partition coefficient (Wildman–Crippen LogP) is 0.342. The molecule has 18 heavy (non-hydrogen) atoms. The SMILES string of the molecule is COCCCC(N)C(=O)NCCCN1CCCC1. The topological polar surface area (TPSA) is 67.6 Å². The number of carbonyl (C=O) groups excluding carboxylic acids is 1. The number of methoxy groups -OCH3 is 1. The van der Waals surface area contributed by atoms with Gasteiger partial charge in [-0.3, -0.25) is 4.79 Å². The maximum atomic E-state index is 11.6. The van der Waals surface area contributed by atoms with E-state index in [4.69, 9.17) is 10.5 Å². The second-order valence-corrected chi connectivity index (χ2v) is 4.93. The normalized spacial score (nSPS) is 17.9. The van der Waals surface area contributed by atoms with E-state index in [0.717, 1.165) is 25.9 Å². The third-order valence-corrected chi connectivity index (χ3v) is 3.35. The van der Waals surface area contributed by atoms with Crippen molar-refractivity contribution in [1.82, 2.24) is 10.2 Å². The van der Waals surface area contributed by atoms with Crippen LogP contribution in [-0.2, 0) is 9.53 Å². The van der Waals surface area contributed by atoms with E-state index in [1.165, 1.54) is 25.9 Å². The third-order valence-electron chi connectivity index (χ3n) is 3.35. The van der Waals surface area contributed by atoms with Crippen LogP contribution in [0.1, 0.15) is 32.1 Å². The van der Waals surface area contributed by atoms with Crippen LogP contribution in [0.3, 0.4) is 0 Å². The number of nitrogens with zero attached hydrogens (tertiary/aromatic N) is 1. The predicted molar refractivity (Wildman–Crippen MR) is 72.4 cm³/mol. The van der Waals surface area contributed by atoms with E-state index < -0.39 is 6.04 Å². The van der Waals surface area contributed by atoms with Crippen LogP contribution >= 0.6 is 0 Å². The molecule has 0 saturated carbocycles. The first kappa shape index (κ1) is 15.4. The molecule has 106 valence electrons. The Morgan fingerprint density at radius 1 is 1.39 bits per heavy atom. The minimum absolute atomic E-state index is 0.0347. The van der Waals surface area contributed by atoms with Gasteiger partial charge in [-0.15, -0.1) is 0 Å². The van der Waals surface area contributed by atoms with Gasteiger partial charge in [-0.2, -0.15) is 0 Å². The van der Waals surface area contributed by atoms with Crippen molar-refractivity contribution in [1.29, 1.82) is 0 Å². The summed E-state index contributed by atoms with van der Waals surface area (Å²) in [5.41, 5.74) is 5.78. The highest BCUT2D eigenvalue weighted by atomic mass is 16.5. The molecular weight excluding hydrogens is 230 g/mol.